The van der Waals surface area contributed by atoms with E-state index in [1.54, 1.807) is 30.3 Å². The normalized spacial score (nSPS) is 16.1. The number of para-hydroxylation sites is 1. The van der Waals surface area contributed by atoms with Gasteiger partial charge in [-0.25, -0.2) is 4.79 Å². The number of benzene rings is 1. The number of ketones is 1. The lowest BCUT2D eigenvalue weighted by atomic mass is 9.85. The molecule has 10 heteroatoms. The smallest absolute Gasteiger partial charge is 0.333 e. The van der Waals surface area contributed by atoms with E-state index in [2.05, 4.69) is 10.6 Å². The van der Waals surface area contributed by atoms with E-state index in [1.807, 2.05) is 41.5 Å². The van der Waals surface area contributed by atoms with E-state index in [1.165, 1.54) is 0 Å². The summed E-state index contributed by atoms with van der Waals surface area (Å²) in [7, 11) is 0. The van der Waals surface area contributed by atoms with Crippen molar-refractivity contribution in [1.29, 1.82) is 0 Å². The van der Waals surface area contributed by atoms with Crippen LogP contribution in [0.5, 0.6) is 5.75 Å². The molecule has 0 spiro atoms. The summed E-state index contributed by atoms with van der Waals surface area (Å²) in [5, 5.41) is 36.2. The summed E-state index contributed by atoms with van der Waals surface area (Å²) in [5.74, 6) is -5.79. The first-order valence-corrected chi connectivity index (χ1v) is 13.7. The van der Waals surface area contributed by atoms with Crippen molar-refractivity contribution in [3.8, 4) is 5.75 Å². The van der Waals surface area contributed by atoms with Gasteiger partial charge in [-0.15, -0.1) is 0 Å². The molecule has 0 saturated heterocycles. The van der Waals surface area contributed by atoms with Crippen LogP contribution in [0.15, 0.2) is 30.3 Å². The van der Waals surface area contributed by atoms with E-state index >= 15 is 0 Å². The molecular weight excluding hydrogens is 504 g/mol. The van der Waals surface area contributed by atoms with Gasteiger partial charge in [-0.1, -0.05) is 66.2 Å². The molecule has 0 aliphatic rings. The van der Waals surface area contributed by atoms with E-state index in [0.717, 1.165) is 6.42 Å². The second kappa shape index (κ2) is 16.9. The van der Waals surface area contributed by atoms with Crippen LogP contribution in [0.25, 0.3) is 0 Å². The summed E-state index contributed by atoms with van der Waals surface area (Å²) in [6.07, 6.45) is -2.19. The van der Waals surface area contributed by atoms with Crippen LogP contribution >= 0.6 is 0 Å². The summed E-state index contributed by atoms with van der Waals surface area (Å²) in [6.45, 7) is 11.5. The van der Waals surface area contributed by atoms with Gasteiger partial charge >= 0.3 is 5.97 Å². The second-order valence-electron chi connectivity index (χ2n) is 11.0. The molecule has 0 fully saturated rings. The molecule has 0 bridgehead atoms. The third-order valence-electron chi connectivity index (χ3n) is 6.80. The predicted octanol–water partition coefficient (Wildman–Crippen LogP) is 2.41. The summed E-state index contributed by atoms with van der Waals surface area (Å²) >= 11 is 0. The van der Waals surface area contributed by atoms with Gasteiger partial charge in [-0.2, -0.15) is 0 Å². The maximum absolute atomic E-state index is 13.2. The average molecular weight is 551 g/mol. The van der Waals surface area contributed by atoms with E-state index in [4.69, 9.17) is 4.74 Å². The Hall–Kier alpha value is -2.98. The highest BCUT2D eigenvalue weighted by atomic mass is 16.5. The van der Waals surface area contributed by atoms with Crippen LogP contribution < -0.4 is 15.4 Å². The van der Waals surface area contributed by atoms with Crippen molar-refractivity contribution in [3.63, 3.8) is 0 Å². The van der Waals surface area contributed by atoms with Crippen LogP contribution in [0.3, 0.4) is 0 Å². The van der Waals surface area contributed by atoms with Crippen molar-refractivity contribution in [2.24, 2.45) is 29.6 Å². The number of carbonyl (C=O) groups is 4. The number of carboxylic acids is 1. The molecule has 1 rings (SSSR count). The quantitative estimate of drug-likeness (QED) is 0.174. The fraction of sp³-hybridized carbons (Fsp3) is 0.655. The van der Waals surface area contributed by atoms with Gasteiger partial charge in [0, 0.05) is 12.5 Å². The molecule has 1 aromatic rings. The summed E-state index contributed by atoms with van der Waals surface area (Å²) in [4.78, 5) is 50.5. The highest BCUT2D eigenvalue weighted by Gasteiger charge is 2.40. The highest BCUT2D eigenvalue weighted by molar-refractivity contribution is 6.05. The minimum atomic E-state index is -2.30. The number of amides is 2. The minimum Gasteiger partial charge on any atom is -0.486 e. The zero-order valence-corrected chi connectivity index (χ0v) is 23.9. The van der Waals surface area contributed by atoms with E-state index in [0.29, 0.717) is 24.6 Å². The van der Waals surface area contributed by atoms with Gasteiger partial charge in [0.05, 0.1) is 12.1 Å². The van der Waals surface area contributed by atoms with Gasteiger partial charge in [0.25, 0.3) is 0 Å². The second-order valence-corrected chi connectivity index (χ2v) is 11.0. The Morgan fingerprint density at radius 3 is 2.05 bits per heavy atom. The van der Waals surface area contributed by atoms with E-state index in [9.17, 15) is 34.5 Å². The van der Waals surface area contributed by atoms with Gasteiger partial charge < -0.3 is 30.7 Å². The lowest BCUT2D eigenvalue weighted by Gasteiger charge is -2.31. The van der Waals surface area contributed by atoms with Crippen molar-refractivity contribution >= 4 is 23.6 Å². The number of ether oxygens (including phenoxy) is 1. The highest BCUT2D eigenvalue weighted by Crippen LogP contribution is 2.22. The Balaban J connectivity index is 3.06. The Morgan fingerprint density at radius 1 is 0.923 bits per heavy atom. The Morgan fingerprint density at radius 2 is 1.54 bits per heavy atom. The number of Topliss-reactive ketones (excluding diaryl/α,β-unsaturated/α-hetero) is 1. The molecule has 3 unspecified atom stereocenters. The van der Waals surface area contributed by atoms with Gasteiger partial charge in [0.1, 0.15) is 18.3 Å². The third kappa shape index (κ3) is 11.7. The molecular formula is C29H46N2O8. The molecule has 220 valence electrons. The molecule has 2 amide bonds. The number of rotatable bonds is 18. The minimum absolute atomic E-state index is 0.0154. The maximum Gasteiger partial charge on any atom is 0.333 e. The number of carbonyl (C=O) groups excluding carboxylic acids is 3. The molecule has 10 nitrogen and oxygen atoms in total. The fourth-order valence-electron chi connectivity index (χ4n) is 4.12. The predicted molar refractivity (Wildman–Crippen MR) is 147 cm³/mol. The molecule has 0 radical (unpaired) electrons. The number of carboxylic acid groups (broad SMARTS) is 1. The number of hydrogen-bond acceptors (Lipinski definition) is 7. The van der Waals surface area contributed by atoms with Gasteiger partial charge in [0.2, 0.25) is 11.8 Å². The van der Waals surface area contributed by atoms with Gasteiger partial charge in [-0.05, 0) is 42.7 Å². The molecule has 0 heterocycles. The number of hydrogen-bond donors (Lipinski definition) is 5. The Labute approximate surface area is 231 Å². The zero-order valence-electron chi connectivity index (χ0n) is 23.9. The van der Waals surface area contributed by atoms with Crippen molar-refractivity contribution in [2.75, 3.05) is 13.2 Å². The first kappa shape index (κ1) is 34.0. The lowest BCUT2D eigenvalue weighted by Crippen LogP contribution is -2.53. The number of aliphatic hydroxyl groups is 2. The molecule has 5 N–H and O–H groups in total. The van der Waals surface area contributed by atoms with Crippen molar-refractivity contribution < 1.29 is 39.2 Å². The summed E-state index contributed by atoms with van der Waals surface area (Å²) < 4.78 is 5.37. The van der Waals surface area contributed by atoms with Crippen molar-refractivity contribution in [3.05, 3.63) is 30.3 Å². The molecule has 0 aliphatic carbocycles. The molecule has 0 saturated carbocycles. The Bertz CT molecular complexity index is 921. The maximum atomic E-state index is 13.2. The van der Waals surface area contributed by atoms with Crippen LogP contribution in [0.4, 0.5) is 0 Å². The molecule has 39 heavy (non-hydrogen) atoms. The number of aliphatic carboxylic acids is 1. The average Bonchev–Trinajstić information content (AvgIpc) is 2.88. The molecule has 6 atom stereocenters. The van der Waals surface area contributed by atoms with Gasteiger partial charge in [-0.3, -0.25) is 14.4 Å². The van der Waals surface area contributed by atoms with E-state index < -0.39 is 54.4 Å². The standard InChI is InChI=1S/C29H46N2O8/c1-7-19(6)15-30-27(35)21(18(4)5)14-23(32)22(13-17(2)3)31-28(36)25(26(34)29(37)38)24(33)16-39-20-11-9-8-10-12-20/h8-12,17-19,21-23,25-26,32,34H,7,13-16H2,1-6H3,(H,30,35)(H,31,36)(H,37,38)/t19-,21+,22+,23?,25?,26?/m1/s1. The Kier molecular flexibility index (Phi) is 14.7. The zero-order chi connectivity index (χ0) is 29.7. The van der Waals surface area contributed by atoms with Crippen LogP contribution in [0, 0.1) is 29.6 Å². The molecule has 1 aromatic carbocycles. The van der Waals surface area contributed by atoms with Crippen LogP contribution in [-0.2, 0) is 19.2 Å². The van der Waals surface area contributed by atoms with Crippen LogP contribution in [0.2, 0.25) is 0 Å². The number of nitrogens with one attached hydrogen (secondary N) is 2. The summed E-state index contributed by atoms with van der Waals surface area (Å²) in [6, 6.07) is 7.42. The monoisotopic (exact) mass is 550 g/mol. The topological polar surface area (TPSA) is 162 Å². The lowest BCUT2D eigenvalue weighted by molar-refractivity contribution is -0.158. The van der Waals surface area contributed by atoms with E-state index in [-0.39, 0.29) is 24.2 Å². The summed E-state index contributed by atoms with van der Waals surface area (Å²) in [5.41, 5.74) is 0. The fourth-order valence-corrected chi connectivity index (χ4v) is 4.12. The van der Waals surface area contributed by atoms with Crippen LogP contribution in [0.1, 0.15) is 60.8 Å². The molecule has 0 aromatic heterocycles. The van der Waals surface area contributed by atoms with Gasteiger partial charge in [0.15, 0.2) is 11.9 Å². The first-order chi connectivity index (χ1) is 18.3. The van der Waals surface area contributed by atoms with Crippen LogP contribution in [-0.4, -0.2) is 70.3 Å². The first-order valence-electron chi connectivity index (χ1n) is 13.7. The molecule has 0 aliphatic heterocycles. The largest absolute Gasteiger partial charge is 0.486 e. The van der Waals surface area contributed by atoms with Crippen molar-refractivity contribution in [1.82, 2.24) is 10.6 Å². The van der Waals surface area contributed by atoms with Crippen molar-refractivity contribution in [2.45, 2.75) is 79.1 Å². The number of aliphatic hydroxyl groups excluding tert-OH is 2. The third-order valence-corrected chi connectivity index (χ3v) is 6.80. The SMILES string of the molecule is CC[C@@H](C)CNC(=O)[C@@H](CC(O)[C@H](CC(C)C)NC(=O)C(C(=O)COc1ccccc1)C(O)C(=O)O)C(C)C.